The van der Waals surface area contributed by atoms with Gasteiger partial charge in [0.25, 0.3) is 0 Å². The third kappa shape index (κ3) is 18.8. The zero-order valence-corrected chi connectivity index (χ0v) is 44.7. The molecule has 0 spiro atoms. The molecule has 2 aromatic heterocycles. The first-order valence-corrected chi connectivity index (χ1v) is 28.6. The number of anilines is 1. The lowest BCUT2D eigenvalue weighted by Gasteiger charge is -2.30. The number of amides is 4. The molecule has 10 unspecified atom stereocenters. The Morgan fingerprint density at radius 2 is 1.49 bits per heavy atom. The van der Waals surface area contributed by atoms with Crippen LogP contribution in [0, 0.1) is 5.41 Å². The van der Waals surface area contributed by atoms with Crippen LogP contribution in [0.4, 0.5) is 5.82 Å². The van der Waals surface area contributed by atoms with Crippen molar-refractivity contribution in [1.29, 1.82) is 0 Å². The minimum Gasteiger partial charge on any atom is -0.386 e. The number of carbonyl (C=O) groups is 5. The summed E-state index contributed by atoms with van der Waals surface area (Å²) in [4.78, 5) is 116. The van der Waals surface area contributed by atoms with Crippen LogP contribution in [0.25, 0.3) is 11.2 Å². The smallest absolute Gasteiger partial charge is 0.386 e. The van der Waals surface area contributed by atoms with E-state index in [1.165, 1.54) is 20.8 Å². The number of imidazole rings is 1. The van der Waals surface area contributed by atoms with Crippen molar-refractivity contribution in [2.45, 2.75) is 88.0 Å². The summed E-state index contributed by atoms with van der Waals surface area (Å²) in [5, 5.41) is 30.8. The van der Waals surface area contributed by atoms with E-state index in [0.29, 0.717) is 6.42 Å². The average Bonchev–Trinajstić information content (AvgIpc) is 3.91. The summed E-state index contributed by atoms with van der Waals surface area (Å²) in [7, 11) is -16.5. The van der Waals surface area contributed by atoms with Crippen molar-refractivity contribution in [3.63, 3.8) is 0 Å². The van der Waals surface area contributed by atoms with E-state index in [1.54, 1.807) is 24.3 Å². The molecule has 1 aliphatic rings. The third-order valence-corrected chi connectivity index (χ3v) is 15.5. The fourth-order valence-corrected chi connectivity index (χ4v) is 10.9. The number of carbonyl (C=O) groups excluding carboxylic acids is 5. The van der Waals surface area contributed by atoms with E-state index < -0.39 is 119 Å². The summed E-state index contributed by atoms with van der Waals surface area (Å²) in [5.74, 6) is -2.57. The number of hydrogen-bond acceptors (Lipinski definition) is 21. The molecule has 5 rings (SSSR count). The Bertz CT molecular complexity index is 2760. The van der Waals surface area contributed by atoms with Gasteiger partial charge in [0.15, 0.2) is 17.7 Å². The highest BCUT2D eigenvalue weighted by Gasteiger charge is 2.50. The van der Waals surface area contributed by atoms with Crippen molar-refractivity contribution in [2.24, 2.45) is 5.41 Å². The number of nitrogens with two attached hydrogens (primary N) is 1. The first-order valence-electron chi connectivity index (χ1n) is 22.6. The third-order valence-electron chi connectivity index (χ3n) is 10.9. The van der Waals surface area contributed by atoms with Crippen molar-refractivity contribution in [3.05, 3.63) is 84.4 Å². The second kappa shape index (κ2) is 27.1. The number of nitrogens with zero attached hydrogens (tertiary/aromatic N) is 4. The Labute approximate surface area is 438 Å². The molecule has 0 bridgehead atoms. The predicted octanol–water partition coefficient (Wildman–Crippen LogP) is 0.438. The first kappa shape index (κ1) is 61.1. The van der Waals surface area contributed by atoms with E-state index in [0.717, 1.165) is 40.1 Å². The minimum atomic E-state index is -5.62. The van der Waals surface area contributed by atoms with Crippen LogP contribution in [0.1, 0.15) is 44.5 Å². The summed E-state index contributed by atoms with van der Waals surface area (Å²) in [6, 6.07) is 16.3. The van der Waals surface area contributed by atoms with Crippen molar-refractivity contribution >= 4 is 93.6 Å². The van der Waals surface area contributed by atoms with Crippen LogP contribution in [0.5, 0.6) is 0 Å². The Balaban J connectivity index is 1.01. The van der Waals surface area contributed by atoms with Gasteiger partial charge in [0, 0.05) is 37.1 Å². The number of aromatic nitrogens is 4. The largest absolute Gasteiger partial charge is 0.481 e. The van der Waals surface area contributed by atoms with Gasteiger partial charge in [-0.3, -0.25) is 42.1 Å². The SMILES string of the molecule is CC(NC(=O)C(Cc1ccccc1)NC(=O)C(S)Cc1ccccc1)C(=O)SCCNC(=O)CCNC(=O)C(O)C(C)(C)COP(=O)(O)OP(=O)(O)OCC1OC(n2cnc3c(N)ncnc32)C(O)C1OP(=O)(O)O. The molecule has 1 fully saturated rings. The zero-order valence-electron chi connectivity index (χ0n) is 40.3. The highest BCUT2D eigenvalue weighted by atomic mass is 32.2. The van der Waals surface area contributed by atoms with Gasteiger partial charge >= 0.3 is 23.5 Å². The highest BCUT2D eigenvalue weighted by Crippen LogP contribution is 2.61. The number of aliphatic hydroxyl groups excluding tert-OH is 2. The summed E-state index contributed by atoms with van der Waals surface area (Å²) >= 11 is 5.29. The van der Waals surface area contributed by atoms with Crippen LogP contribution >= 0.6 is 47.9 Å². The molecule has 0 saturated carbocycles. The van der Waals surface area contributed by atoms with E-state index in [2.05, 4.69) is 57.7 Å². The molecule has 4 amide bonds. The van der Waals surface area contributed by atoms with Gasteiger partial charge in [0.1, 0.15) is 42.3 Å². The summed E-state index contributed by atoms with van der Waals surface area (Å²) < 4.78 is 62.6. The number of rotatable bonds is 28. The first-order chi connectivity index (χ1) is 35.1. The van der Waals surface area contributed by atoms with Gasteiger partial charge < -0.3 is 61.5 Å². The van der Waals surface area contributed by atoms with E-state index >= 15 is 0 Å². The highest BCUT2D eigenvalue weighted by molar-refractivity contribution is 8.13. The molecule has 1 saturated heterocycles. The Morgan fingerprint density at radius 1 is 0.867 bits per heavy atom. The molecule has 0 aliphatic carbocycles. The summed E-state index contributed by atoms with van der Waals surface area (Å²) in [6.45, 7) is 1.57. The van der Waals surface area contributed by atoms with Gasteiger partial charge in [-0.25, -0.2) is 28.6 Å². The lowest BCUT2D eigenvalue weighted by atomic mass is 9.87. The van der Waals surface area contributed by atoms with Gasteiger partial charge in [0.05, 0.1) is 30.8 Å². The van der Waals surface area contributed by atoms with Crippen LogP contribution < -0.4 is 27.0 Å². The molecule has 2 aromatic carbocycles. The van der Waals surface area contributed by atoms with E-state index in [-0.39, 0.29) is 48.7 Å². The minimum absolute atomic E-state index is 0.0136. The molecule has 4 aromatic rings. The predicted molar refractivity (Wildman–Crippen MR) is 270 cm³/mol. The maximum atomic E-state index is 13.4. The fourth-order valence-electron chi connectivity index (χ4n) is 7.04. The standard InChI is InChI=1S/C42H58N9O19P3S2/c1-24(49-37(55)27(18-25-10-6-4-7-11-25)50-38(56)29(74)19-26-12-8-5-9-13-26)41(58)75-17-16-44-30(52)14-15-45-39(57)34(54)42(2,3)21-67-73(64,65)70-72(62,63)66-20-28-33(69-71(59,60)61)32(53)40(68-28)51-23-48-31-35(43)46-22-47-36(31)51/h4-13,22-24,27-29,32-34,40,53-54,74H,14-21H2,1-3H3,(H,44,52)(H,45,57)(H,49,55)(H,50,56)(H,62,63)(H,64,65)(H2,43,46,47)(H2,59,60,61). The number of nitrogen functional groups attached to an aromatic ring is 1. The lowest BCUT2D eigenvalue weighted by molar-refractivity contribution is -0.137. The normalized spacial score (nSPS) is 20.2. The summed E-state index contributed by atoms with van der Waals surface area (Å²) in [5.41, 5.74) is 5.85. The maximum absolute atomic E-state index is 13.4. The number of aliphatic hydroxyl groups is 2. The van der Waals surface area contributed by atoms with Crippen LogP contribution in [-0.4, -0.2) is 152 Å². The van der Waals surface area contributed by atoms with Crippen molar-refractivity contribution in [1.82, 2.24) is 40.8 Å². The van der Waals surface area contributed by atoms with Gasteiger partial charge in [-0.1, -0.05) is 86.3 Å². The molecule has 0 radical (unpaired) electrons. The number of fused-ring (bicyclic) bond motifs is 1. The Hall–Kier alpha value is -4.71. The molecule has 28 nitrogen and oxygen atoms in total. The average molecular weight is 1150 g/mol. The van der Waals surface area contributed by atoms with Crippen molar-refractivity contribution in [2.75, 3.05) is 37.8 Å². The Morgan fingerprint density at radius 3 is 2.13 bits per heavy atom. The number of phosphoric ester groups is 3. The molecular weight excluding hydrogens is 1090 g/mol. The number of nitrogens with one attached hydrogen (secondary N) is 4. The van der Waals surface area contributed by atoms with Crippen LogP contribution in [-0.2, 0) is 73.1 Å². The zero-order chi connectivity index (χ0) is 55.3. The fraction of sp³-hybridized carbons (Fsp3) is 0.476. The number of thioether (sulfide) groups is 1. The topological polar surface area (TPSA) is 422 Å². The molecule has 412 valence electrons. The number of ether oxygens (including phenoxy) is 1. The van der Waals surface area contributed by atoms with E-state index in [1.807, 2.05) is 36.4 Å². The van der Waals surface area contributed by atoms with Gasteiger partial charge in [-0.15, -0.1) is 0 Å². The summed E-state index contributed by atoms with van der Waals surface area (Å²) in [6.07, 6.45) is -6.75. The van der Waals surface area contributed by atoms with Crippen LogP contribution in [0.3, 0.4) is 0 Å². The molecule has 75 heavy (non-hydrogen) atoms. The second-order valence-electron chi connectivity index (χ2n) is 17.4. The van der Waals surface area contributed by atoms with Gasteiger partial charge in [-0.05, 0) is 24.5 Å². The lowest BCUT2D eigenvalue weighted by Crippen LogP contribution is -2.53. The molecule has 3 heterocycles. The maximum Gasteiger partial charge on any atom is 0.481 e. The van der Waals surface area contributed by atoms with Crippen LogP contribution in [0.15, 0.2) is 73.3 Å². The van der Waals surface area contributed by atoms with Gasteiger partial charge in [-0.2, -0.15) is 16.9 Å². The molecule has 10 atom stereocenters. The molecule has 12 N–H and O–H groups in total. The van der Waals surface area contributed by atoms with Crippen molar-refractivity contribution < 1.29 is 90.1 Å². The van der Waals surface area contributed by atoms with Gasteiger partial charge in [0.2, 0.25) is 28.7 Å². The van der Waals surface area contributed by atoms with E-state index in [9.17, 15) is 67.5 Å². The quantitative estimate of drug-likeness (QED) is 0.0208. The monoisotopic (exact) mass is 1150 g/mol. The molecular formula is C42H58N9O19P3S2. The van der Waals surface area contributed by atoms with Crippen molar-refractivity contribution in [3.8, 4) is 0 Å². The molecule has 33 heteroatoms. The molecule has 1 aliphatic heterocycles. The number of benzene rings is 2. The van der Waals surface area contributed by atoms with E-state index in [4.69, 9.17) is 19.5 Å². The number of phosphoric acid groups is 3. The second-order valence-corrected chi connectivity index (χ2v) is 23.4. The van der Waals surface area contributed by atoms with Crippen LogP contribution in [0.2, 0.25) is 0 Å². The Kier molecular flexibility index (Phi) is 22.1. The number of hydrogen-bond donors (Lipinski definition) is 12. The number of thiol groups is 1.